The fraction of sp³-hybridized carbons (Fsp3) is 0. The van der Waals surface area contributed by atoms with E-state index < -0.39 is 275 Å². The molecule has 0 radical (unpaired) electrons. The van der Waals surface area contributed by atoms with Crippen molar-refractivity contribution in [1.82, 2.24) is 13.7 Å². The number of hydrogen-bond donors (Lipinski definition) is 0. The van der Waals surface area contributed by atoms with E-state index in [2.05, 4.69) is 0 Å². The molecule has 11 aromatic rings. The fourth-order valence-corrected chi connectivity index (χ4v) is 6.34. The Bertz CT molecular complexity index is 4820. The summed E-state index contributed by atoms with van der Waals surface area (Å²) in [4.78, 5) is 0. The van der Waals surface area contributed by atoms with E-state index in [-0.39, 0.29) is 0 Å². The first-order valence-corrected chi connectivity index (χ1v) is 15.1. The van der Waals surface area contributed by atoms with Crippen LogP contribution in [0, 0.1) is 0 Å². The molecule has 3 nitrogen and oxygen atoms in total. The zero-order chi connectivity index (χ0) is 59.6. The van der Waals surface area contributed by atoms with Crippen molar-refractivity contribution < 1.29 is 41.1 Å². The molecule has 0 spiro atoms. The van der Waals surface area contributed by atoms with Crippen LogP contribution in [-0.2, 0) is 0 Å². The summed E-state index contributed by atoms with van der Waals surface area (Å²) in [7, 11) is 0. The summed E-state index contributed by atoms with van der Waals surface area (Å²) in [6.07, 6.45) is 0. The Morgan fingerprint density at radius 1 is 0.275 bits per heavy atom. The monoisotopic (exact) mass is 679 g/mol. The van der Waals surface area contributed by atoms with Gasteiger partial charge in [0.25, 0.3) is 0 Å². The molecule has 0 unspecified atom stereocenters. The van der Waals surface area contributed by atoms with Crippen LogP contribution in [0.1, 0.15) is 41.1 Å². The van der Waals surface area contributed by atoms with E-state index in [1.54, 1.807) is 0 Å². The van der Waals surface area contributed by atoms with E-state index in [1.807, 2.05) is 0 Å². The molecule has 51 heavy (non-hydrogen) atoms. The Kier molecular flexibility index (Phi) is 2.47. The lowest BCUT2D eigenvalue weighted by atomic mass is 10.0. The lowest BCUT2D eigenvalue weighted by molar-refractivity contribution is 1.15. The molecule has 0 aliphatic carbocycles. The summed E-state index contributed by atoms with van der Waals surface area (Å²) in [5, 5.41) is -3.28. The van der Waals surface area contributed by atoms with Gasteiger partial charge in [-0.25, -0.2) is 0 Å². The maximum Gasteiger partial charge on any atom is 0.0667 e. The highest BCUT2D eigenvalue weighted by Gasteiger charge is 2.18. The minimum absolute atomic E-state index is 0.514. The van der Waals surface area contributed by atoms with E-state index in [4.69, 9.17) is 27.4 Å². The number of hydrogen-bond acceptors (Lipinski definition) is 0. The number of benzene rings is 8. The van der Waals surface area contributed by atoms with E-state index in [1.165, 1.54) is 0 Å². The summed E-state index contributed by atoms with van der Waals surface area (Å²) in [5.41, 5.74) is -7.18. The van der Waals surface area contributed by atoms with Crippen LogP contribution in [0.2, 0.25) is 0 Å². The molecular weight excluding hydrogens is 619 g/mol. The van der Waals surface area contributed by atoms with Gasteiger partial charge in [0.2, 0.25) is 0 Å². The Morgan fingerprint density at radius 3 is 1.31 bits per heavy atom. The van der Waals surface area contributed by atoms with Gasteiger partial charge in [0.1, 0.15) is 0 Å². The smallest absolute Gasteiger partial charge is 0.0667 e. The van der Waals surface area contributed by atoms with E-state index in [9.17, 15) is 13.7 Å². The van der Waals surface area contributed by atoms with Crippen LogP contribution in [0.4, 0.5) is 0 Å². The Hall–Kier alpha value is -6.84. The van der Waals surface area contributed by atoms with Gasteiger partial charge in [-0.2, -0.15) is 0 Å². The average Bonchev–Trinajstić information content (AvgIpc) is 2.71. The SMILES string of the molecule is [2H]c1c([2H])c([2H])c(-n2c3c([2H])c([2H])c([2H])c([2H])c3c3c([2H])c(-c4cc([2H])c5c(c4[2H])c4c([2H])c([2H])c([2H])c([2H])c4n5-c4c([2H])c([2H])c5c6c([2H])c([2H])c([2H])c([2H])c6n(-c6c([2H])c([2H])c([2H])c([2H])c6[2H])c5c4[2H])c([2H])c([2H])c32)c([2H])c1[2H]. The van der Waals surface area contributed by atoms with E-state index in [0.717, 1.165) is 19.8 Å². The average molecular weight is 680 g/mol. The van der Waals surface area contributed by atoms with Crippen LogP contribution in [0.15, 0.2) is 187 Å². The summed E-state index contributed by atoms with van der Waals surface area (Å²) in [6, 6.07) is -25.7. The molecule has 11 rings (SSSR count). The van der Waals surface area contributed by atoms with Crippen molar-refractivity contribution in [2.45, 2.75) is 0 Å². The third-order valence-corrected chi connectivity index (χ3v) is 8.43. The summed E-state index contributed by atoms with van der Waals surface area (Å²) < 4.78 is 272. The number of nitrogens with zero attached hydrogens (tertiary/aromatic N) is 3. The van der Waals surface area contributed by atoms with Gasteiger partial charge >= 0.3 is 0 Å². The first-order valence-electron chi connectivity index (χ1n) is 30.1. The Morgan fingerprint density at radius 2 is 0.706 bits per heavy atom. The van der Waals surface area contributed by atoms with Gasteiger partial charge in [0.15, 0.2) is 0 Å². The fourth-order valence-electron chi connectivity index (χ4n) is 6.34. The van der Waals surface area contributed by atoms with Crippen LogP contribution in [0.25, 0.3) is 93.6 Å². The second-order valence-electron chi connectivity index (χ2n) is 11.1. The van der Waals surface area contributed by atoms with Gasteiger partial charge in [-0.05, 0) is 89.7 Å². The van der Waals surface area contributed by atoms with Crippen LogP contribution in [0.3, 0.4) is 0 Å². The molecule has 8 aromatic carbocycles. The standard InChI is InChI=1S/C48H31N3/c1-3-13-34(14-4-1)49-44-21-11-8-18-38(44)41-29-32(23-27-46(41)49)33-24-28-47-42(30-33)39-19-9-12-22-45(39)51(47)36-25-26-40-37-17-7-10-20-43(37)50(48(40)31-36)35-15-5-2-6-16-35/h1-31H/i1D,2D,3D,4D,5D,6D,7D,8D,9D,10D,11D,12D,13D,14D,15D,16D,17D,18D,19D,20D,21D,22D,23D,25D,26D,27D,28D,29D,30D,31D. The topological polar surface area (TPSA) is 14.8 Å². The summed E-state index contributed by atoms with van der Waals surface area (Å²) in [5.74, 6) is 0. The van der Waals surface area contributed by atoms with Crippen molar-refractivity contribution in [2.24, 2.45) is 0 Å². The van der Waals surface area contributed by atoms with Gasteiger partial charge in [0.05, 0.1) is 74.2 Å². The molecule has 3 heterocycles. The molecule has 0 fully saturated rings. The first kappa shape index (κ1) is 11.6. The largest absolute Gasteiger partial charge is 0.309 e. The third-order valence-electron chi connectivity index (χ3n) is 8.43. The van der Waals surface area contributed by atoms with Crippen molar-refractivity contribution in [3.05, 3.63) is 187 Å². The van der Waals surface area contributed by atoms with Crippen LogP contribution in [-0.4, -0.2) is 13.7 Å². The second kappa shape index (κ2) is 10.8. The van der Waals surface area contributed by atoms with Crippen LogP contribution >= 0.6 is 0 Å². The number of fused-ring (bicyclic) bond motifs is 9. The molecule has 3 aromatic heterocycles. The summed E-state index contributed by atoms with van der Waals surface area (Å²) >= 11 is 0. The number of para-hydroxylation sites is 5. The van der Waals surface area contributed by atoms with Gasteiger partial charge in [-0.3, -0.25) is 0 Å². The Labute approximate surface area is 336 Å². The first-order chi connectivity index (χ1) is 37.8. The van der Waals surface area contributed by atoms with E-state index >= 15 is 0 Å². The van der Waals surface area contributed by atoms with Gasteiger partial charge in [0, 0.05) is 49.4 Å². The minimum atomic E-state index is -0.979. The molecule has 238 valence electrons. The number of aromatic nitrogens is 3. The van der Waals surface area contributed by atoms with Gasteiger partial charge < -0.3 is 13.7 Å². The van der Waals surface area contributed by atoms with Crippen LogP contribution in [0.5, 0.6) is 0 Å². The highest BCUT2D eigenvalue weighted by atomic mass is 15.0. The molecule has 0 amide bonds. The quantitative estimate of drug-likeness (QED) is 0.176. The van der Waals surface area contributed by atoms with E-state index in [0.29, 0.717) is 0 Å². The third kappa shape index (κ3) is 4.12. The minimum Gasteiger partial charge on any atom is -0.309 e. The molecule has 0 atom stereocenters. The van der Waals surface area contributed by atoms with Crippen molar-refractivity contribution in [3.8, 4) is 28.2 Å². The maximum absolute atomic E-state index is 10.00. The van der Waals surface area contributed by atoms with Gasteiger partial charge in [-0.15, -0.1) is 0 Å². The molecular formula is C48H31N3. The molecule has 0 aliphatic heterocycles. The lowest BCUT2D eigenvalue weighted by Crippen LogP contribution is -1.96. The van der Waals surface area contributed by atoms with Crippen molar-refractivity contribution in [2.75, 3.05) is 0 Å². The van der Waals surface area contributed by atoms with Gasteiger partial charge in [-0.1, -0.05) is 109 Å². The molecule has 0 bridgehead atoms. The van der Waals surface area contributed by atoms with Crippen molar-refractivity contribution >= 4 is 65.4 Å². The molecule has 3 heteroatoms. The molecule has 0 saturated heterocycles. The summed E-state index contributed by atoms with van der Waals surface area (Å²) in [6.45, 7) is 0. The normalized spacial score (nSPS) is 20.2. The molecule has 0 N–H and O–H groups in total. The predicted octanol–water partition coefficient (Wildman–Crippen LogP) is 12.6. The lowest BCUT2D eigenvalue weighted by Gasteiger charge is -2.11. The predicted molar refractivity (Wildman–Crippen MR) is 215 cm³/mol. The molecule has 0 saturated carbocycles. The zero-order valence-electron chi connectivity index (χ0n) is 55.4. The highest BCUT2D eigenvalue weighted by molar-refractivity contribution is 6.14. The molecule has 0 aliphatic rings. The Balaban J connectivity index is 1.34. The maximum atomic E-state index is 10.00. The van der Waals surface area contributed by atoms with Crippen LogP contribution < -0.4 is 0 Å². The second-order valence-corrected chi connectivity index (χ2v) is 11.1. The van der Waals surface area contributed by atoms with Crippen molar-refractivity contribution in [1.29, 1.82) is 0 Å². The zero-order valence-corrected chi connectivity index (χ0v) is 25.4. The highest BCUT2D eigenvalue weighted by Crippen LogP contribution is 2.40. The van der Waals surface area contributed by atoms with Crippen molar-refractivity contribution in [3.63, 3.8) is 0 Å². The number of rotatable bonds is 4.